The highest BCUT2D eigenvalue weighted by atomic mass is 16.6. The number of hydrazone groups is 1. The van der Waals surface area contributed by atoms with Crippen LogP contribution in [0.25, 0.3) is 11.1 Å². The standard InChI is InChI=1S/C25H28N4O4/c1-15(29-26)22(28-24(32)33-16(2)17-3-4-17)27-21-11-7-19(8-12-21)18-5-9-20(10-6-18)25(13-14-25)23(30)31/h5-12,16-17H,3-4,13-14,26H2,1-2H3,(H,30,31)(H,27,28,32)/b29-15-. The summed E-state index contributed by atoms with van der Waals surface area (Å²) in [6, 6.07) is 15.1. The van der Waals surface area contributed by atoms with Gasteiger partial charge in [-0.15, -0.1) is 0 Å². The van der Waals surface area contributed by atoms with Crippen molar-refractivity contribution in [2.75, 3.05) is 0 Å². The third-order valence-corrected chi connectivity index (χ3v) is 6.37. The van der Waals surface area contributed by atoms with Crippen molar-refractivity contribution in [1.82, 2.24) is 5.32 Å². The zero-order valence-corrected chi connectivity index (χ0v) is 18.7. The second-order valence-electron chi connectivity index (χ2n) is 8.76. The van der Waals surface area contributed by atoms with E-state index in [1.54, 1.807) is 6.92 Å². The van der Waals surface area contributed by atoms with E-state index >= 15 is 0 Å². The minimum Gasteiger partial charge on any atom is -0.481 e. The minimum absolute atomic E-state index is 0.141. The van der Waals surface area contributed by atoms with Crippen LogP contribution < -0.4 is 11.2 Å². The Hall–Kier alpha value is -3.68. The molecule has 33 heavy (non-hydrogen) atoms. The van der Waals surface area contributed by atoms with Gasteiger partial charge in [0.2, 0.25) is 0 Å². The fourth-order valence-corrected chi connectivity index (χ4v) is 3.81. The molecule has 4 rings (SSSR count). The highest BCUT2D eigenvalue weighted by Crippen LogP contribution is 2.48. The van der Waals surface area contributed by atoms with Gasteiger partial charge in [0.05, 0.1) is 16.8 Å². The summed E-state index contributed by atoms with van der Waals surface area (Å²) in [5.41, 5.74) is 3.07. The van der Waals surface area contributed by atoms with Gasteiger partial charge in [-0.05, 0) is 74.3 Å². The molecule has 2 fully saturated rings. The van der Waals surface area contributed by atoms with E-state index in [-0.39, 0.29) is 11.9 Å². The molecule has 2 aromatic carbocycles. The number of nitrogens with zero attached hydrogens (tertiary/aromatic N) is 2. The molecular weight excluding hydrogens is 420 g/mol. The SMILES string of the molecule is C/C(=N/N)C(=Nc1ccc(-c2ccc(C3(C(=O)O)CC3)cc2)cc1)NC(=O)OC(C)C1CC1. The van der Waals surface area contributed by atoms with Crippen LogP contribution in [-0.2, 0) is 14.9 Å². The minimum atomic E-state index is -0.760. The van der Waals surface area contributed by atoms with Gasteiger partial charge in [-0.2, -0.15) is 5.10 Å². The molecule has 8 heteroatoms. The van der Waals surface area contributed by atoms with Crippen molar-refractivity contribution < 1.29 is 19.4 Å². The predicted molar refractivity (Wildman–Crippen MR) is 127 cm³/mol. The first kappa shape index (κ1) is 22.5. The normalized spacial score (nSPS) is 18.4. The summed E-state index contributed by atoms with van der Waals surface area (Å²) in [5.74, 6) is 5.31. The molecule has 0 aliphatic heterocycles. The number of rotatable bonds is 7. The van der Waals surface area contributed by atoms with Gasteiger partial charge < -0.3 is 15.7 Å². The number of benzene rings is 2. The predicted octanol–water partition coefficient (Wildman–Crippen LogP) is 4.36. The Balaban J connectivity index is 1.47. The number of amidine groups is 1. The number of amides is 1. The lowest BCUT2D eigenvalue weighted by Gasteiger charge is -2.14. The highest BCUT2D eigenvalue weighted by Gasteiger charge is 2.51. The average molecular weight is 449 g/mol. The Labute approximate surface area is 192 Å². The summed E-state index contributed by atoms with van der Waals surface area (Å²) in [6.07, 6.45) is 2.80. The Morgan fingerprint density at radius 2 is 1.67 bits per heavy atom. The lowest BCUT2D eigenvalue weighted by molar-refractivity contribution is -0.140. The molecule has 0 spiro atoms. The largest absolute Gasteiger partial charge is 0.481 e. The molecule has 1 amide bonds. The summed E-state index contributed by atoms with van der Waals surface area (Å²) < 4.78 is 5.40. The van der Waals surface area contributed by atoms with Crippen LogP contribution in [0.2, 0.25) is 0 Å². The zero-order chi connectivity index (χ0) is 23.6. The van der Waals surface area contributed by atoms with Crippen molar-refractivity contribution >= 4 is 29.3 Å². The van der Waals surface area contributed by atoms with Crippen LogP contribution in [0.5, 0.6) is 0 Å². The Morgan fingerprint density at radius 1 is 1.09 bits per heavy atom. The number of carboxylic acid groups (broad SMARTS) is 1. The summed E-state index contributed by atoms with van der Waals surface area (Å²) in [5, 5.41) is 15.8. The summed E-state index contributed by atoms with van der Waals surface area (Å²) >= 11 is 0. The van der Waals surface area contributed by atoms with Crippen molar-refractivity contribution in [3.63, 3.8) is 0 Å². The molecule has 0 bridgehead atoms. The maximum atomic E-state index is 12.2. The van der Waals surface area contributed by atoms with E-state index in [2.05, 4.69) is 15.4 Å². The Kier molecular flexibility index (Phi) is 6.18. The van der Waals surface area contributed by atoms with Crippen molar-refractivity contribution in [3.8, 4) is 11.1 Å². The molecule has 2 aliphatic carbocycles. The van der Waals surface area contributed by atoms with Crippen LogP contribution in [-0.4, -0.2) is 34.8 Å². The Morgan fingerprint density at radius 3 is 2.15 bits per heavy atom. The van der Waals surface area contributed by atoms with Crippen LogP contribution >= 0.6 is 0 Å². The lowest BCUT2D eigenvalue weighted by Crippen LogP contribution is -2.37. The monoisotopic (exact) mass is 448 g/mol. The van der Waals surface area contributed by atoms with E-state index in [0.29, 0.717) is 30.2 Å². The van der Waals surface area contributed by atoms with E-state index in [1.165, 1.54) is 0 Å². The summed E-state index contributed by atoms with van der Waals surface area (Å²) in [4.78, 5) is 28.2. The molecule has 0 heterocycles. The average Bonchev–Trinajstić information content (AvgIpc) is 3.72. The van der Waals surface area contributed by atoms with E-state index in [0.717, 1.165) is 29.5 Å². The van der Waals surface area contributed by atoms with E-state index in [9.17, 15) is 14.7 Å². The number of nitrogens with two attached hydrogens (primary N) is 1. The molecule has 1 unspecified atom stereocenters. The van der Waals surface area contributed by atoms with Crippen molar-refractivity contribution in [2.45, 2.75) is 51.0 Å². The topological polar surface area (TPSA) is 126 Å². The molecule has 8 nitrogen and oxygen atoms in total. The molecule has 1 atom stereocenters. The molecule has 172 valence electrons. The number of carbonyl (C=O) groups is 2. The molecule has 2 saturated carbocycles. The van der Waals surface area contributed by atoms with Gasteiger partial charge in [0, 0.05) is 0 Å². The molecular formula is C25H28N4O4. The number of hydrogen-bond donors (Lipinski definition) is 3. The third kappa shape index (κ3) is 5.05. The fraction of sp³-hybridized carbons (Fsp3) is 0.360. The van der Waals surface area contributed by atoms with Crippen LogP contribution in [0, 0.1) is 5.92 Å². The maximum Gasteiger partial charge on any atom is 0.413 e. The van der Waals surface area contributed by atoms with Gasteiger partial charge in [0.15, 0.2) is 5.84 Å². The second kappa shape index (κ2) is 9.05. The van der Waals surface area contributed by atoms with Crippen molar-refractivity contribution in [3.05, 3.63) is 54.1 Å². The van der Waals surface area contributed by atoms with Crippen molar-refractivity contribution in [2.24, 2.45) is 21.9 Å². The van der Waals surface area contributed by atoms with Gasteiger partial charge in [-0.25, -0.2) is 9.79 Å². The van der Waals surface area contributed by atoms with Crippen LogP contribution in [0.3, 0.4) is 0 Å². The number of nitrogens with one attached hydrogen (secondary N) is 1. The first-order valence-electron chi connectivity index (χ1n) is 11.1. The van der Waals surface area contributed by atoms with E-state index < -0.39 is 17.5 Å². The van der Waals surface area contributed by atoms with E-state index in [1.807, 2.05) is 55.5 Å². The lowest BCUT2D eigenvalue weighted by atomic mass is 9.94. The molecule has 2 aromatic rings. The number of aliphatic carboxylic acids is 1. The summed E-state index contributed by atoms with van der Waals surface area (Å²) in [6.45, 7) is 3.54. The number of aliphatic imine (C=N–C) groups is 1. The fourth-order valence-electron chi connectivity index (χ4n) is 3.81. The quantitative estimate of drug-likeness (QED) is 0.251. The van der Waals surface area contributed by atoms with Crippen LogP contribution in [0.4, 0.5) is 10.5 Å². The van der Waals surface area contributed by atoms with Crippen LogP contribution in [0.15, 0.2) is 58.6 Å². The van der Waals surface area contributed by atoms with Crippen LogP contribution in [0.1, 0.15) is 45.1 Å². The van der Waals surface area contributed by atoms with Gasteiger partial charge in [-0.1, -0.05) is 36.4 Å². The first-order valence-corrected chi connectivity index (χ1v) is 11.1. The maximum absolute atomic E-state index is 12.2. The molecule has 0 saturated heterocycles. The van der Waals surface area contributed by atoms with Gasteiger partial charge in [0.1, 0.15) is 6.10 Å². The molecule has 4 N–H and O–H groups in total. The zero-order valence-electron chi connectivity index (χ0n) is 18.7. The molecule has 2 aliphatic rings. The van der Waals surface area contributed by atoms with E-state index in [4.69, 9.17) is 10.6 Å². The number of hydrogen-bond acceptors (Lipinski definition) is 6. The Bertz CT molecular complexity index is 1100. The number of alkyl carbamates (subject to hydrolysis) is 1. The summed E-state index contributed by atoms with van der Waals surface area (Å²) in [7, 11) is 0. The van der Waals surface area contributed by atoms with Crippen molar-refractivity contribution in [1.29, 1.82) is 0 Å². The third-order valence-electron chi connectivity index (χ3n) is 6.37. The highest BCUT2D eigenvalue weighted by molar-refractivity contribution is 6.43. The van der Waals surface area contributed by atoms with Gasteiger partial charge in [0.25, 0.3) is 0 Å². The number of ether oxygens (including phenoxy) is 1. The van der Waals surface area contributed by atoms with Gasteiger partial charge in [-0.3, -0.25) is 10.1 Å². The molecule has 0 aromatic heterocycles. The second-order valence-corrected chi connectivity index (χ2v) is 8.76. The molecule has 0 radical (unpaired) electrons. The number of carbonyl (C=O) groups excluding carboxylic acids is 1. The first-order chi connectivity index (χ1) is 15.8. The number of carboxylic acids is 1. The smallest absolute Gasteiger partial charge is 0.413 e. The van der Waals surface area contributed by atoms with Gasteiger partial charge >= 0.3 is 12.1 Å².